The second-order valence-electron chi connectivity index (χ2n) is 5.40. The zero-order valence-corrected chi connectivity index (χ0v) is 14.1. The quantitative estimate of drug-likeness (QED) is 0.899. The molecule has 0 spiro atoms. The minimum Gasteiger partial charge on any atom is -0.342 e. The van der Waals surface area contributed by atoms with Gasteiger partial charge in [0.15, 0.2) is 0 Å². The summed E-state index contributed by atoms with van der Waals surface area (Å²) in [5, 5.41) is 0. The average molecular weight is 362 g/mol. The molecule has 1 fully saturated rings. The van der Waals surface area contributed by atoms with Crippen LogP contribution in [0.3, 0.4) is 0 Å². The summed E-state index contributed by atoms with van der Waals surface area (Å²) >= 11 is 3.40. The van der Waals surface area contributed by atoms with E-state index in [4.69, 9.17) is 5.73 Å². The SMILES string of the molecule is CC(N)C1CCCN(C(=O)Cc2ccc(Br)cc2)C1.Cl. The van der Waals surface area contributed by atoms with Gasteiger partial charge < -0.3 is 10.6 Å². The van der Waals surface area contributed by atoms with Crippen LogP contribution in [0.2, 0.25) is 0 Å². The maximum Gasteiger partial charge on any atom is 0.226 e. The second-order valence-corrected chi connectivity index (χ2v) is 6.32. The fourth-order valence-electron chi connectivity index (χ4n) is 2.55. The monoisotopic (exact) mass is 360 g/mol. The van der Waals surface area contributed by atoms with Crippen molar-refractivity contribution >= 4 is 34.2 Å². The number of rotatable bonds is 3. The maximum absolute atomic E-state index is 12.3. The lowest BCUT2D eigenvalue weighted by molar-refractivity contribution is -0.132. The lowest BCUT2D eigenvalue weighted by Gasteiger charge is -2.34. The van der Waals surface area contributed by atoms with Gasteiger partial charge in [0.05, 0.1) is 6.42 Å². The molecule has 0 radical (unpaired) electrons. The Labute approximate surface area is 135 Å². The Morgan fingerprint density at radius 3 is 2.70 bits per heavy atom. The second kappa shape index (κ2) is 8.01. The summed E-state index contributed by atoms with van der Waals surface area (Å²) < 4.78 is 1.04. The summed E-state index contributed by atoms with van der Waals surface area (Å²) in [6.45, 7) is 3.72. The third-order valence-corrected chi connectivity index (χ3v) is 4.35. The summed E-state index contributed by atoms with van der Waals surface area (Å²) in [6, 6.07) is 8.11. The smallest absolute Gasteiger partial charge is 0.226 e. The van der Waals surface area contributed by atoms with Crippen LogP contribution in [0.1, 0.15) is 25.3 Å². The molecule has 2 atom stereocenters. The molecular weight excluding hydrogens is 340 g/mol. The first-order valence-corrected chi connectivity index (χ1v) is 7.63. The summed E-state index contributed by atoms with van der Waals surface area (Å²) in [7, 11) is 0. The van der Waals surface area contributed by atoms with E-state index >= 15 is 0 Å². The van der Waals surface area contributed by atoms with Crippen LogP contribution in [0.15, 0.2) is 28.7 Å². The molecule has 0 aliphatic carbocycles. The van der Waals surface area contributed by atoms with E-state index in [0.717, 1.165) is 36.0 Å². The lowest BCUT2D eigenvalue weighted by atomic mass is 9.92. The van der Waals surface area contributed by atoms with Gasteiger partial charge in [0.1, 0.15) is 0 Å². The molecule has 0 saturated carbocycles. The van der Waals surface area contributed by atoms with Gasteiger partial charge in [-0.2, -0.15) is 0 Å². The Hall–Kier alpha value is -0.580. The number of piperidine rings is 1. The van der Waals surface area contributed by atoms with Gasteiger partial charge in [-0.15, -0.1) is 12.4 Å². The molecule has 1 aliphatic rings. The number of nitrogens with two attached hydrogens (primary N) is 1. The van der Waals surface area contributed by atoms with Gasteiger partial charge in [-0.25, -0.2) is 0 Å². The van der Waals surface area contributed by atoms with Gasteiger partial charge in [0.25, 0.3) is 0 Å². The molecule has 1 saturated heterocycles. The van der Waals surface area contributed by atoms with Crippen LogP contribution in [0, 0.1) is 5.92 Å². The molecule has 1 amide bonds. The van der Waals surface area contributed by atoms with Crippen LogP contribution in [0.4, 0.5) is 0 Å². The lowest BCUT2D eigenvalue weighted by Crippen LogP contribution is -2.45. The predicted octanol–water partition coefficient (Wildman–Crippen LogP) is 3.00. The van der Waals surface area contributed by atoms with Crippen molar-refractivity contribution in [1.29, 1.82) is 0 Å². The Balaban J connectivity index is 0.00000200. The third kappa shape index (κ3) is 4.76. The van der Waals surface area contributed by atoms with E-state index in [1.165, 1.54) is 0 Å². The van der Waals surface area contributed by atoms with Gasteiger partial charge in [0, 0.05) is 23.6 Å². The molecular formula is C15H22BrClN2O. The van der Waals surface area contributed by atoms with E-state index in [-0.39, 0.29) is 24.4 Å². The number of nitrogens with zero attached hydrogens (tertiary/aromatic N) is 1. The highest BCUT2D eigenvalue weighted by Crippen LogP contribution is 2.20. The first-order valence-electron chi connectivity index (χ1n) is 6.84. The number of carbonyl (C=O) groups is 1. The van der Waals surface area contributed by atoms with Gasteiger partial charge in [0.2, 0.25) is 5.91 Å². The van der Waals surface area contributed by atoms with Gasteiger partial charge in [-0.05, 0) is 43.4 Å². The predicted molar refractivity (Wildman–Crippen MR) is 88.0 cm³/mol. The molecule has 2 N–H and O–H groups in total. The highest BCUT2D eigenvalue weighted by Gasteiger charge is 2.25. The highest BCUT2D eigenvalue weighted by molar-refractivity contribution is 9.10. The van der Waals surface area contributed by atoms with Crippen molar-refractivity contribution in [1.82, 2.24) is 4.90 Å². The molecule has 5 heteroatoms. The number of likely N-dealkylation sites (tertiary alicyclic amines) is 1. The van der Waals surface area contributed by atoms with Crippen LogP contribution in [0.5, 0.6) is 0 Å². The van der Waals surface area contributed by atoms with Gasteiger partial charge in [-0.1, -0.05) is 28.1 Å². The zero-order chi connectivity index (χ0) is 13.8. The first kappa shape index (κ1) is 17.5. The average Bonchev–Trinajstić information content (AvgIpc) is 2.41. The Morgan fingerprint density at radius 1 is 1.45 bits per heavy atom. The molecule has 20 heavy (non-hydrogen) atoms. The number of hydrogen-bond donors (Lipinski definition) is 1. The Kier molecular flexibility index (Phi) is 7.00. The molecule has 1 aromatic carbocycles. The number of halogens is 2. The molecule has 1 aliphatic heterocycles. The first-order chi connectivity index (χ1) is 9.06. The zero-order valence-electron chi connectivity index (χ0n) is 11.7. The largest absolute Gasteiger partial charge is 0.342 e. The normalized spacial score (nSPS) is 20.1. The van der Waals surface area contributed by atoms with E-state index in [9.17, 15) is 4.79 Å². The fraction of sp³-hybridized carbons (Fsp3) is 0.533. The molecule has 2 rings (SSSR count). The molecule has 1 heterocycles. The number of benzene rings is 1. The standard InChI is InChI=1S/C15H21BrN2O.ClH/c1-11(17)13-3-2-8-18(10-13)15(19)9-12-4-6-14(16)7-5-12;/h4-7,11,13H,2-3,8-10,17H2,1H3;1H. The van der Waals surface area contributed by atoms with Crippen LogP contribution in [0.25, 0.3) is 0 Å². The topological polar surface area (TPSA) is 46.3 Å². The third-order valence-electron chi connectivity index (χ3n) is 3.82. The Bertz CT molecular complexity index is 436. The van der Waals surface area contributed by atoms with E-state index < -0.39 is 0 Å². The summed E-state index contributed by atoms with van der Waals surface area (Å²) in [5.41, 5.74) is 7.02. The summed E-state index contributed by atoms with van der Waals surface area (Å²) in [6.07, 6.45) is 2.69. The molecule has 0 aromatic heterocycles. The van der Waals surface area contributed by atoms with Crippen molar-refractivity contribution in [3.05, 3.63) is 34.3 Å². The summed E-state index contributed by atoms with van der Waals surface area (Å²) in [5.74, 6) is 0.662. The van der Waals surface area contributed by atoms with Crippen molar-refractivity contribution in [2.75, 3.05) is 13.1 Å². The van der Waals surface area contributed by atoms with E-state index in [0.29, 0.717) is 12.3 Å². The van der Waals surface area contributed by atoms with Gasteiger partial charge >= 0.3 is 0 Å². The molecule has 1 aromatic rings. The van der Waals surface area contributed by atoms with Crippen LogP contribution >= 0.6 is 28.3 Å². The van der Waals surface area contributed by atoms with E-state index in [1.807, 2.05) is 36.1 Å². The molecule has 112 valence electrons. The van der Waals surface area contributed by atoms with Crippen molar-refractivity contribution in [2.45, 2.75) is 32.2 Å². The van der Waals surface area contributed by atoms with E-state index in [1.54, 1.807) is 0 Å². The van der Waals surface area contributed by atoms with E-state index in [2.05, 4.69) is 15.9 Å². The number of carbonyl (C=O) groups excluding carboxylic acids is 1. The number of amides is 1. The summed E-state index contributed by atoms with van der Waals surface area (Å²) in [4.78, 5) is 14.3. The Morgan fingerprint density at radius 2 is 2.10 bits per heavy atom. The maximum atomic E-state index is 12.3. The molecule has 0 bridgehead atoms. The van der Waals surface area contributed by atoms with Crippen LogP contribution < -0.4 is 5.73 Å². The minimum absolute atomic E-state index is 0. The van der Waals surface area contributed by atoms with Crippen LogP contribution in [-0.4, -0.2) is 29.9 Å². The highest BCUT2D eigenvalue weighted by atomic mass is 79.9. The number of hydrogen-bond acceptors (Lipinski definition) is 2. The molecule has 3 nitrogen and oxygen atoms in total. The van der Waals surface area contributed by atoms with Gasteiger partial charge in [-0.3, -0.25) is 4.79 Å². The van der Waals surface area contributed by atoms with Crippen molar-refractivity contribution in [3.8, 4) is 0 Å². The van der Waals surface area contributed by atoms with Crippen molar-refractivity contribution in [2.24, 2.45) is 11.7 Å². The fourth-order valence-corrected chi connectivity index (χ4v) is 2.82. The van der Waals surface area contributed by atoms with Crippen molar-refractivity contribution < 1.29 is 4.79 Å². The minimum atomic E-state index is 0. The van der Waals surface area contributed by atoms with Crippen LogP contribution in [-0.2, 0) is 11.2 Å². The molecule has 2 unspecified atom stereocenters. The van der Waals surface area contributed by atoms with Crippen molar-refractivity contribution in [3.63, 3.8) is 0 Å².